The molecular formula is C17H29IN4O. The van der Waals surface area contributed by atoms with E-state index in [4.69, 9.17) is 9.73 Å². The van der Waals surface area contributed by atoms with Crippen molar-refractivity contribution in [3.8, 4) is 5.88 Å². The highest BCUT2D eigenvalue weighted by Gasteiger charge is 2.23. The highest BCUT2D eigenvalue weighted by Crippen LogP contribution is 2.21. The first-order chi connectivity index (χ1) is 10.6. The first-order valence-corrected chi connectivity index (χ1v) is 8.15. The lowest BCUT2D eigenvalue weighted by molar-refractivity contribution is 0.208. The van der Waals surface area contributed by atoms with Crippen LogP contribution in [0.2, 0.25) is 0 Å². The molecule has 1 aromatic heterocycles. The summed E-state index contributed by atoms with van der Waals surface area (Å²) in [5.74, 6) is 3.05. The average molecular weight is 432 g/mol. The highest BCUT2D eigenvalue weighted by atomic mass is 127. The van der Waals surface area contributed by atoms with Crippen LogP contribution in [0.4, 0.5) is 0 Å². The van der Waals surface area contributed by atoms with E-state index in [1.54, 1.807) is 7.11 Å². The van der Waals surface area contributed by atoms with E-state index in [0.29, 0.717) is 24.3 Å². The number of ether oxygens (including phenoxy) is 1. The van der Waals surface area contributed by atoms with E-state index in [1.165, 1.54) is 6.42 Å². The summed E-state index contributed by atoms with van der Waals surface area (Å²) in [5.41, 5.74) is 0.924. The summed E-state index contributed by atoms with van der Waals surface area (Å²) in [7, 11) is 1.63. The third-order valence-electron chi connectivity index (χ3n) is 3.88. The Hall–Kier alpha value is -1.05. The van der Waals surface area contributed by atoms with Gasteiger partial charge in [0.05, 0.1) is 19.3 Å². The number of halogens is 1. The predicted molar refractivity (Wildman–Crippen MR) is 106 cm³/mol. The Labute approximate surface area is 156 Å². The molecule has 1 saturated heterocycles. The van der Waals surface area contributed by atoms with E-state index in [1.807, 2.05) is 18.2 Å². The third-order valence-corrected chi connectivity index (χ3v) is 3.88. The molecule has 2 rings (SSSR count). The summed E-state index contributed by atoms with van der Waals surface area (Å²) in [6, 6.07) is 5.79. The summed E-state index contributed by atoms with van der Waals surface area (Å²) in [5, 5.41) is 3.41. The molecule has 1 fully saturated rings. The first-order valence-electron chi connectivity index (χ1n) is 8.15. The lowest BCUT2D eigenvalue weighted by Gasteiger charge is -2.37. The van der Waals surface area contributed by atoms with Crippen LogP contribution in [0.5, 0.6) is 5.88 Å². The van der Waals surface area contributed by atoms with Gasteiger partial charge in [-0.15, -0.1) is 24.0 Å². The molecule has 1 aromatic rings. The van der Waals surface area contributed by atoms with Gasteiger partial charge in [0.1, 0.15) is 0 Å². The van der Waals surface area contributed by atoms with E-state index in [0.717, 1.165) is 31.3 Å². The third kappa shape index (κ3) is 6.16. The molecule has 1 aliphatic rings. The second kappa shape index (κ2) is 9.95. The van der Waals surface area contributed by atoms with Crippen molar-refractivity contribution in [2.45, 2.75) is 33.7 Å². The number of nitrogens with zero attached hydrogens (tertiary/aromatic N) is 3. The molecule has 0 spiro atoms. The standard InChI is InChI=1S/C17H28N4O.HI/c1-5-18-17(21-11-13(2)9-14(3)12-21)19-10-15-7-6-8-16(20-15)22-4;/h6-8,13-14H,5,9-12H2,1-4H3,(H,18,19);1H. The van der Waals surface area contributed by atoms with E-state index in [2.05, 4.69) is 36.0 Å². The van der Waals surface area contributed by atoms with Gasteiger partial charge in [0, 0.05) is 25.7 Å². The Bertz CT molecular complexity index is 499. The van der Waals surface area contributed by atoms with Crippen LogP contribution >= 0.6 is 24.0 Å². The molecular weight excluding hydrogens is 403 g/mol. The van der Waals surface area contributed by atoms with Gasteiger partial charge >= 0.3 is 0 Å². The van der Waals surface area contributed by atoms with Crippen molar-refractivity contribution in [1.82, 2.24) is 15.2 Å². The molecule has 1 N–H and O–H groups in total. The van der Waals surface area contributed by atoms with E-state index >= 15 is 0 Å². The Kier molecular flexibility index (Phi) is 8.65. The Balaban J connectivity index is 0.00000264. The minimum absolute atomic E-state index is 0. The Morgan fingerprint density at radius 2 is 2.04 bits per heavy atom. The number of aliphatic imine (C=N–C) groups is 1. The molecule has 130 valence electrons. The summed E-state index contributed by atoms with van der Waals surface area (Å²) < 4.78 is 5.17. The topological polar surface area (TPSA) is 49.8 Å². The first kappa shape index (κ1) is 20.0. The number of aromatic nitrogens is 1. The average Bonchev–Trinajstić information content (AvgIpc) is 2.50. The number of hydrogen-bond donors (Lipinski definition) is 1. The lowest BCUT2D eigenvalue weighted by Crippen LogP contribution is -2.48. The molecule has 0 saturated carbocycles. The van der Waals surface area contributed by atoms with E-state index in [9.17, 15) is 0 Å². The van der Waals surface area contributed by atoms with Crippen molar-refractivity contribution in [1.29, 1.82) is 0 Å². The van der Waals surface area contributed by atoms with Crippen molar-refractivity contribution in [3.05, 3.63) is 23.9 Å². The van der Waals surface area contributed by atoms with Crippen LogP contribution in [0.1, 0.15) is 32.9 Å². The van der Waals surface area contributed by atoms with E-state index < -0.39 is 0 Å². The van der Waals surface area contributed by atoms with Crippen LogP contribution in [0.3, 0.4) is 0 Å². The number of pyridine rings is 1. The Morgan fingerprint density at radius 1 is 1.35 bits per heavy atom. The maximum absolute atomic E-state index is 5.17. The summed E-state index contributed by atoms with van der Waals surface area (Å²) in [6.07, 6.45) is 1.30. The second-order valence-corrected chi connectivity index (χ2v) is 6.19. The number of nitrogens with one attached hydrogen (secondary N) is 1. The van der Waals surface area contributed by atoms with Crippen LogP contribution in [0.25, 0.3) is 0 Å². The summed E-state index contributed by atoms with van der Waals surface area (Å²) in [6.45, 7) is 10.3. The summed E-state index contributed by atoms with van der Waals surface area (Å²) in [4.78, 5) is 11.6. The number of likely N-dealkylation sites (tertiary alicyclic amines) is 1. The van der Waals surface area contributed by atoms with Crippen LogP contribution in [-0.2, 0) is 6.54 Å². The minimum Gasteiger partial charge on any atom is -0.481 e. The predicted octanol–water partition coefficient (Wildman–Crippen LogP) is 3.15. The van der Waals surface area contributed by atoms with Gasteiger partial charge in [-0.3, -0.25) is 0 Å². The molecule has 0 radical (unpaired) electrons. The van der Waals surface area contributed by atoms with Crippen LogP contribution in [0, 0.1) is 11.8 Å². The zero-order valence-corrected chi connectivity index (χ0v) is 16.9. The lowest BCUT2D eigenvalue weighted by atomic mass is 9.92. The largest absolute Gasteiger partial charge is 0.481 e. The number of hydrogen-bond acceptors (Lipinski definition) is 3. The molecule has 5 nitrogen and oxygen atoms in total. The monoisotopic (exact) mass is 432 g/mol. The molecule has 0 aromatic carbocycles. The smallest absolute Gasteiger partial charge is 0.213 e. The Morgan fingerprint density at radius 3 is 2.65 bits per heavy atom. The van der Waals surface area contributed by atoms with Gasteiger partial charge < -0.3 is 15.0 Å². The number of piperidine rings is 1. The fourth-order valence-electron chi connectivity index (χ4n) is 3.08. The fourth-order valence-corrected chi connectivity index (χ4v) is 3.08. The van der Waals surface area contributed by atoms with Gasteiger partial charge in [0.25, 0.3) is 0 Å². The zero-order chi connectivity index (χ0) is 15.9. The number of guanidine groups is 1. The van der Waals surface area contributed by atoms with Crippen molar-refractivity contribution in [3.63, 3.8) is 0 Å². The molecule has 2 heterocycles. The quantitative estimate of drug-likeness (QED) is 0.451. The highest BCUT2D eigenvalue weighted by molar-refractivity contribution is 14.0. The number of rotatable bonds is 4. The van der Waals surface area contributed by atoms with Crippen molar-refractivity contribution < 1.29 is 4.74 Å². The zero-order valence-electron chi connectivity index (χ0n) is 14.6. The fraction of sp³-hybridized carbons (Fsp3) is 0.647. The molecule has 2 atom stereocenters. The van der Waals surface area contributed by atoms with Gasteiger partial charge in [0.15, 0.2) is 5.96 Å². The molecule has 2 unspecified atom stereocenters. The van der Waals surface area contributed by atoms with Crippen molar-refractivity contribution in [2.24, 2.45) is 16.8 Å². The van der Waals surface area contributed by atoms with Crippen LogP contribution in [-0.4, -0.2) is 42.6 Å². The normalized spacial score (nSPS) is 21.6. The van der Waals surface area contributed by atoms with Gasteiger partial charge in [-0.05, 0) is 31.2 Å². The van der Waals surface area contributed by atoms with E-state index in [-0.39, 0.29) is 24.0 Å². The SMILES string of the molecule is CCNC(=NCc1cccc(OC)n1)N1CC(C)CC(C)C1.I. The maximum Gasteiger partial charge on any atom is 0.213 e. The molecule has 6 heteroatoms. The van der Waals surface area contributed by atoms with Crippen LogP contribution in [0.15, 0.2) is 23.2 Å². The van der Waals surface area contributed by atoms with Gasteiger partial charge in [-0.2, -0.15) is 0 Å². The molecule has 0 amide bonds. The second-order valence-electron chi connectivity index (χ2n) is 6.19. The molecule has 0 aliphatic carbocycles. The molecule has 1 aliphatic heterocycles. The van der Waals surface area contributed by atoms with Gasteiger partial charge in [-0.1, -0.05) is 19.9 Å². The van der Waals surface area contributed by atoms with Crippen LogP contribution < -0.4 is 10.1 Å². The minimum atomic E-state index is 0. The van der Waals surface area contributed by atoms with Gasteiger partial charge in [-0.25, -0.2) is 9.98 Å². The summed E-state index contributed by atoms with van der Waals surface area (Å²) >= 11 is 0. The van der Waals surface area contributed by atoms with Crippen molar-refractivity contribution >= 4 is 29.9 Å². The van der Waals surface area contributed by atoms with Gasteiger partial charge in [0.2, 0.25) is 5.88 Å². The molecule has 0 bridgehead atoms. The van der Waals surface area contributed by atoms with Crippen molar-refractivity contribution in [2.75, 3.05) is 26.7 Å². The maximum atomic E-state index is 5.17. The molecule has 23 heavy (non-hydrogen) atoms. The number of methoxy groups -OCH3 is 1.